The molecular weight excluding hydrogens is 192 g/mol. The molecule has 1 amide bonds. The summed E-state index contributed by atoms with van der Waals surface area (Å²) in [5, 5.41) is 6.27. The van der Waals surface area contributed by atoms with Crippen LogP contribution in [0.2, 0.25) is 0 Å². The summed E-state index contributed by atoms with van der Waals surface area (Å²) in [5.74, 6) is 0.150. The Kier molecular flexibility index (Phi) is 5.65. The van der Waals surface area contributed by atoms with Crippen LogP contribution in [0.25, 0.3) is 0 Å². The van der Waals surface area contributed by atoms with Crippen molar-refractivity contribution in [3.8, 4) is 0 Å². The molecule has 1 heterocycles. The maximum absolute atomic E-state index is 11.6. The molecule has 4 heteroatoms. The van der Waals surface area contributed by atoms with Crippen molar-refractivity contribution in [2.75, 3.05) is 20.3 Å². The van der Waals surface area contributed by atoms with Gasteiger partial charge < -0.3 is 15.4 Å². The van der Waals surface area contributed by atoms with Crippen LogP contribution in [0, 0.1) is 0 Å². The molecule has 1 rings (SSSR count). The van der Waals surface area contributed by atoms with Crippen molar-refractivity contribution >= 4 is 5.91 Å². The number of amides is 1. The van der Waals surface area contributed by atoms with Crippen LogP contribution in [0.4, 0.5) is 0 Å². The lowest BCUT2D eigenvalue weighted by Crippen LogP contribution is -2.46. The van der Waals surface area contributed by atoms with Crippen LogP contribution in [0.3, 0.4) is 0 Å². The molecule has 0 radical (unpaired) electrons. The Hall–Kier alpha value is -0.610. The van der Waals surface area contributed by atoms with Gasteiger partial charge in [0.25, 0.3) is 0 Å². The molecular formula is C11H22N2O2. The zero-order chi connectivity index (χ0) is 11.1. The minimum absolute atomic E-state index is 0.0145. The maximum Gasteiger partial charge on any atom is 0.237 e. The monoisotopic (exact) mass is 214 g/mol. The van der Waals surface area contributed by atoms with Crippen LogP contribution in [-0.2, 0) is 9.53 Å². The minimum atomic E-state index is -0.0145. The molecule has 1 aliphatic heterocycles. The molecule has 1 aliphatic rings. The van der Waals surface area contributed by atoms with Gasteiger partial charge in [-0.1, -0.05) is 0 Å². The zero-order valence-corrected chi connectivity index (χ0v) is 9.71. The number of ether oxygens (including phenoxy) is 1. The topological polar surface area (TPSA) is 50.4 Å². The normalized spacial score (nSPS) is 24.4. The van der Waals surface area contributed by atoms with E-state index in [9.17, 15) is 4.79 Å². The molecule has 0 aromatic carbocycles. The van der Waals surface area contributed by atoms with Gasteiger partial charge in [-0.3, -0.25) is 4.79 Å². The molecule has 1 saturated heterocycles. The third kappa shape index (κ3) is 4.62. The van der Waals surface area contributed by atoms with Crippen LogP contribution in [0.5, 0.6) is 0 Å². The first-order valence-corrected chi connectivity index (χ1v) is 5.76. The van der Waals surface area contributed by atoms with Gasteiger partial charge in [0.1, 0.15) is 0 Å². The summed E-state index contributed by atoms with van der Waals surface area (Å²) >= 11 is 0. The number of hydrogen-bond acceptors (Lipinski definition) is 3. The van der Waals surface area contributed by atoms with E-state index in [-0.39, 0.29) is 11.9 Å². The molecule has 0 saturated carbocycles. The van der Waals surface area contributed by atoms with E-state index in [4.69, 9.17) is 4.74 Å². The van der Waals surface area contributed by atoms with Gasteiger partial charge in [0.2, 0.25) is 5.91 Å². The van der Waals surface area contributed by atoms with Crippen molar-refractivity contribution in [2.24, 2.45) is 0 Å². The summed E-state index contributed by atoms with van der Waals surface area (Å²) in [4.78, 5) is 11.6. The number of carbonyl (C=O) groups excluding carboxylic acids is 1. The summed E-state index contributed by atoms with van der Waals surface area (Å²) in [6.45, 7) is 3.66. The number of hydrogen-bond donors (Lipinski definition) is 2. The lowest BCUT2D eigenvalue weighted by Gasteiger charge is -2.20. The minimum Gasteiger partial charge on any atom is -0.385 e. The first-order chi connectivity index (χ1) is 7.24. The predicted molar refractivity (Wildman–Crippen MR) is 59.7 cm³/mol. The van der Waals surface area contributed by atoms with Crippen LogP contribution in [0.1, 0.15) is 32.6 Å². The van der Waals surface area contributed by atoms with Crippen LogP contribution < -0.4 is 10.6 Å². The Morgan fingerprint density at radius 1 is 1.60 bits per heavy atom. The standard InChI is InChI=1S/C11H22N2O2/c1-9(6-8-15-2)13-10-5-3-4-7-12-11(10)14/h9-10,13H,3-8H2,1-2H3,(H,12,14). The van der Waals surface area contributed by atoms with Gasteiger partial charge in [0, 0.05) is 26.3 Å². The van der Waals surface area contributed by atoms with E-state index in [2.05, 4.69) is 17.6 Å². The first kappa shape index (κ1) is 12.5. The summed E-state index contributed by atoms with van der Waals surface area (Å²) in [7, 11) is 1.70. The molecule has 2 unspecified atom stereocenters. The Balaban J connectivity index is 2.30. The fourth-order valence-corrected chi connectivity index (χ4v) is 1.82. The Morgan fingerprint density at radius 3 is 3.13 bits per heavy atom. The molecule has 2 atom stereocenters. The first-order valence-electron chi connectivity index (χ1n) is 5.76. The molecule has 0 bridgehead atoms. The van der Waals surface area contributed by atoms with Crippen molar-refractivity contribution in [3.63, 3.8) is 0 Å². The van der Waals surface area contributed by atoms with Crippen LogP contribution in [-0.4, -0.2) is 38.3 Å². The molecule has 0 aromatic rings. The average Bonchev–Trinajstić information content (AvgIpc) is 2.42. The van der Waals surface area contributed by atoms with Gasteiger partial charge >= 0.3 is 0 Å². The van der Waals surface area contributed by atoms with Crippen molar-refractivity contribution in [2.45, 2.75) is 44.7 Å². The fourth-order valence-electron chi connectivity index (χ4n) is 1.82. The van der Waals surface area contributed by atoms with E-state index >= 15 is 0 Å². The molecule has 4 nitrogen and oxygen atoms in total. The second-order valence-electron chi connectivity index (χ2n) is 4.19. The van der Waals surface area contributed by atoms with E-state index in [1.165, 1.54) is 0 Å². The molecule has 0 aromatic heterocycles. The van der Waals surface area contributed by atoms with Crippen molar-refractivity contribution in [1.29, 1.82) is 0 Å². The number of carbonyl (C=O) groups is 1. The predicted octanol–water partition coefficient (Wildman–Crippen LogP) is 0.670. The largest absolute Gasteiger partial charge is 0.385 e. The van der Waals surface area contributed by atoms with Gasteiger partial charge in [-0.25, -0.2) is 0 Å². The van der Waals surface area contributed by atoms with Crippen molar-refractivity contribution < 1.29 is 9.53 Å². The lowest BCUT2D eigenvalue weighted by molar-refractivity contribution is -0.123. The lowest BCUT2D eigenvalue weighted by atomic mass is 10.1. The van der Waals surface area contributed by atoms with Crippen molar-refractivity contribution in [1.82, 2.24) is 10.6 Å². The smallest absolute Gasteiger partial charge is 0.237 e. The Labute approximate surface area is 91.8 Å². The molecule has 0 spiro atoms. The second kappa shape index (κ2) is 6.80. The second-order valence-corrected chi connectivity index (χ2v) is 4.19. The summed E-state index contributed by atoms with van der Waals surface area (Å²) in [6.07, 6.45) is 4.10. The third-order valence-corrected chi connectivity index (χ3v) is 2.78. The van der Waals surface area contributed by atoms with Gasteiger partial charge in [0.05, 0.1) is 6.04 Å². The van der Waals surface area contributed by atoms with E-state index in [1.807, 2.05) is 0 Å². The Morgan fingerprint density at radius 2 is 2.40 bits per heavy atom. The highest BCUT2D eigenvalue weighted by Crippen LogP contribution is 2.07. The summed E-state index contributed by atoms with van der Waals surface area (Å²) in [5.41, 5.74) is 0. The van der Waals surface area contributed by atoms with E-state index in [0.717, 1.165) is 38.8 Å². The molecule has 0 aliphatic carbocycles. The van der Waals surface area contributed by atoms with E-state index < -0.39 is 0 Å². The highest BCUT2D eigenvalue weighted by Gasteiger charge is 2.21. The molecule has 88 valence electrons. The quantitative estimate of drug-likeness (QED) is 0.707. The van der Waals surface area contributed by atoms with Crippen LogP contribution in [0.15, 0.2) is 0 Å². The summed E-state index contributed by atoms with van der Waals surface area (Å²) < 4.78 is 5.01. The van der Waals surface area contributed by atoms with Gasteiger partial charge in [0.15, 0.2) is 0 Å². The highest BCUT2D eigenvalue weighted by atomic mass is 16.5. The summed E-state index contributed by atoms with van der Waals surface area (Å²) in [6, 6.07) is 0.318. The molecule has 2 N–H and O–H groups in total. The number of methoxy groups -OCH3 is 1. The maximum atomic E-state index is 11.6. The van der Waals surface area contributed by atoms with Crippen LogP contribution >= 0.6 is 0 Å². The van der Waals surface area contributed by atoms with Crippen molar-refractivity contribution in [3.05, 3.63) is 0 Å². The zero-order valence-electron chi connectivity index (χ0n) is 9.71. The number of rotatable bonds is 5. The molecule has 1 fully saturated rings. The van der Waals surface area contributed by atoms with Gasteiger partial charge in [-0.15, -0.1) is 0 Å². The van der Waals surface area contributed by atoms with E-state index in [1.54, 1.807) is 7.11 Å². The third-order valence-electron chi connectivity index (χ3n) is 2.78. The molecule has 15 heavy (non-hydrogen) atoms. The van der Waals surface area contributed by atoms with E-state index in [0.29, 0.717) is 6.04 Å². The fraction of sp³-hybridized carbons (Fsp3) is 0.909. The van der Waals surface area contributed by atoms with Gasteiger partial charge in [-0.05, 0) is 32.6 Å². The highest BCUT2D eigenvalue weighted by molar-refractivity contribution is 5.81. The average molecular weight is 214 g/mol. The SMILES string of the molecule is COCCC(C)NC1CCCCNC1=O. The van der Waals surface area contributed by atoms with Gasteiger partial charge in [-0.2, -0.15) is 0 Å². The number of nitrogens with one attached hydrogen (secondary N) is 2. The Bertz CT molecular complexity index is 197.